The van der Waals surface area contributed by atoms with Gasteiger partial charge in [-0.25, -0.2) is 8.42 Å². The minimum absolute atomic E-state index is 0.0113. The number of carbonyl (C=O) groups is 1. The second kappa shape index (κ2) is 14.8. The maximum Gasteiger partial charge on any atom is 0.261 e. The summed E-state index contributed by atoms with van der Waals surface area (Å²) in [6.07, 6.45) is 1.24. The number of ether oxygens (including phenoxy) is 3. The molecule has 0 aromatic heterocycles. The number of hydrogen-bond donors (Lipinski definition) is 3. The second-order valence-electron chi connectivity index (χ2n) is 9.18. The Kier molecular flexibility index (Phi) is 11.2. The van der Waals surface area contributed by atoms with Gasteiger partial charge in [0.15, 0.2) is 13.0 Å². The molecule has 1 aliphatic rings. The second-order valence-corrected chi connectivity index (χ2v) is 10.9. The highest BCUT2D eigenvalue weighted by atomic mass is 32.2. The number of sulfonamides is 1. The van der Waals surface area contributed by atoms with Gasteiger partial charge < -0.3 is 24.0 Å². The van der Waals surface area contributed by atoms with E-state index < -0.39 is 10.0 Å². The van der Waals surface area contributed by atoms with Crippen LogP contribution in [0, 0.1) is 17.7 Å². The lowest BCUT2D eigenvalue weighted by molar-refractivity contribution is 0.112. The minimum Gasteiger partial charge on any atom is -0.495 e. The number of para-hydroxylation sites is 2. The Bertz CT molecular complexity index is 1440. The van der Waals surface area contributed by atoms with Crippen LogP contribution in [0.15, 0.2) is 71.6 Å². The molecule has 1 heterocycles. The largest absolute Gasteiger partial charge is 0.495 e. The molecular weight excluding hydrogens is 546 g/mol. The van der Waals surface area contributed by atoms with E-state index in [1.165, 1.54) is 42.1 Å². The highest BCUT2D eigenvalue weighted by molar-refractivity contribution is 7.92. The van der Waals surface area contributed by atoms with Crippen molar-refractivity contribution in [1.82, 2.24) is 4.90 Å². The number of benzene rings is 3. The van der Waals surface area contributed by atoms with E-state index in [0.29, 0.717) is 35.3 Å². The average Bonchev–Trinajstić information content (AvgIpc) is 2.97. The lowest BCUT2D eigenvalue weighted by Crippen LogP contribution is -2.44. The van der Waals surface area contributed by atoms with Crippen LogP contribution in [0.1, 0.15) is 15.9 Å². The van der Waals surface area contributed by atoms with E-state index in [4.69, 9.17) is 20.3 Å². The molecular formula is C29H35N5O6S. The van der Waals surface area contributed by atoms with Gasteiger partial charge in [-0.3, -0.25) is 20.3 Å². The molecule has 11 nitrogen and oxygen atoms in total. The third-order valence-corrected chi connectivity index (χ3v) is 7.67. The van der Waals surface area contributed by atoms with Gasteiger partial charge in [0, 0.05) is 37.4 Å². The van der Waals surface area contributed by atoms with Crippen molar-refractivity contribution in [2.45, 2.75) is 11.8 Å². The Labute approximate surface area is 240 Å². The van der Waals surface area contributed by atoms with E-state index in [1.54, 1.807) is 20.1 Å². The van der Waals surface area contributed by atoms with Crippen LogP contribution in [0.4, 0.5) is 11.4 Å². The number of piperazine rings is 1. The van der Waals surface area contributed by atoms with Crippen molar-refractivity contribution in [3.8, 4) is 11.5 Å². The summed E-state index contributed by atoms with van der Waals surface area (Å²) in [6.45, 7) is 5.97. The number of aryl methyl sites for hydroxylation is 1. The summed E-state index contributed by atoms with van der Waals surface area (Å²) in [6, 6.07) is 18.6. The van der Waals surface area contributed by atoms with Crippen LogP contribution in [0.5, 0.6) is 11.5 Å². The summed E-state index contributed by atoms with van der Waals surface area (Å²) >= 11 is 0. The van der Waals surface area contributed by atoms with E-state index >= 15 is 0 Å². The highest BCUT2D eigenvalue weighted by Gasteiger charge is 2.17. The normalized spacial score (nSPS) is 13.3. The number of aldehydes is 1. The molecule has 0 amide bonds. The SMILES string of the molecule is COc1ccccc1N1CCN(C)CC1.Cc1ccc(S(=O)(=O)Nc2ccc(OCC(=N)OC=N)cc2)cc1C=O. The van der Waals surface area contributed by atoms with Gasteiger partial charge in [-0.1, -0.05) is 18.2 Å². The number of nitrogens with zero attached hydrogens (tertiary/aromatic N) is 2. The zero-order valence-corrected chi connectivity index (χ0v) is 24.1. The van der Waals surface area contributed by atoms with Gasteiger partial charge in [0.2, 0.25) is 5.90 Å². The van der Waals surface area contributed by atoms with Crippen molar-refractivity contribution in [3.63, 3.8) is 0 Å². The number of rotatable bonds is 10. The van der Waals surface area contributed by atoms with Crippen molar-refractivity contribution in [3.05, 3.63) is 77.9 Å². The maximum absolute atomic E-state index is 12.4. The van der Waals surface area contributed by atoms with Crippen LogP contribution in [0.25, 0.3) is 0 Å². The number of hydrogen-bond acceptors (Lipinski definition) is 10. The van der Waals surface area contributed by atoms with E-state index in [9.17, 15) is 13.2 Å². The molecule has 1 saturated heterocycles. The lowest BCUT2D eigenvalue weighted by atomic mass is 10.1. The number of carbonyl (C=O) groups excluding carboxylic acids is 1. The van der Waals surface area contributed by atoms with Gasteiger partial charge in [0.25, 0.3) is 10.0 Å². The van der Waals surface area contributed by atoms with Crippen molar-refractivity contribution in [2.24, 2.45) is 0 Å². The first-order valence-corrected chi connectivity index (χ1v) is 14.3. The first kappa shape index (κ1) is 31.1. The zero-order chi connectivity index (χ0) is 29.8. The Balaban J connectivity index is 0.000000260. The van der Waals surface area contributed by atoms with Gasteiger partial charge in [-0.15, -0.1) is 0 Å². The van der Waals surface area contributed by atoms with Crippen LogP contribution in [0.3, 0.4) is 0 Å². The molecule has 0 saturated carbocycles. The highest BCUT2D eigenvalue weighted by Crippen LogP contribution is 2.28. The van der Waals surface area contributed by atoms with Gasteiger partial charge in [-0.05, 0) is 68.1 Å². The molecule has 41 heavy (non-hydrogen) atoms. The summed E-state index contributed by atoms with van der Waals surface area (Å²) in [5, 5.41) is 14.0. The number of methoxy groups -OCH3 is 1. The van der Waals surface area contributed by atoms with Gasteiger partial charge >= 0.3 is 0 Å². The van der Waals surface area contributed by atoms with Crippen LogP contribution in [-0.4, -0.2) is 78.8 Å². The first-order chi connectivity index (χ1) is 19.7. The Morgan fingerprint density at radius 2 is 1.71 bits per heavy atom. The van der Waals surface area contributed by atoms with Crippen molar-refractivity contribution in [1.29, 1.82) is 10.8 Å². The van der Waals surface area contributed by atoms with Gasteiger partial charge in [-0.2, -0.15) is 0 Å². The predicted octanol–water partition coefficient (Wildman–Crippen LogP) is 4.04. The zero-order valence-electron chi connectivity index (χ0n) is 23.3. The van der Waals surface area contributed by atoms with E-state index in [-0.39, 0.29) is 17.4 Å². The number of nitrogens with one attached hydrogen (secondary N) is 3. The Hall–Kier alpha value is -4.42. The summed E-state index contributed by atoms with van der Waals surface area (Å²) in [4.78, 5) is 15.7. The molecule has 0 radical (unpaired) electrons. The molecule has 1 fully saturated rings. The summed E-state index contributed by atoms with van der Waals surface area (Å²) in [5.41, 5.74) is 2.54. The monoisotopic (exact) mass is 581 g/mol. The molecule has 218 valence electrons. The molecule has 3 aromatic carbocycles. The van der Waals surface area contributed by atoms with Crippen LogP contribution < -0.4 is 19.1 Å². The summed E-state index contributed by atoms with van der Waals surface area (Å²) in [5.74, 6) is 1.15. The smallest absolute Gasteiger partial charge is 0.261 e. The molecule has 3 N–H and O–H groups in total. The third-order valence-electron chi connectivity index (χ3n) is 6.29. The topological polar surface area (TPSA) is 145 Å². The average molecular weight is 582 g/mol. The quantitative estimate of drug-likeness (QED) is 0.185. The molecule has 0 unspecified atom stereocenters. The molecule has 3 aromatic rings. The standard InChI is InChI=1S/C17H17N3O5S.C12H18N2O/c1-12-2-7-16(8-13(12)9-21)26(22,23)20-14-3-5-15(6-4-14)24-10-17(19)25-11-18;1-13-7-9-14(10-8-13)11-5-3-4-6-12(11)15-2/h2-9,11,18-20H,10H2,1H3;3-6H,7-10H2,1-2H3. The fourth-order valence-electron chi connectivity index (χ4n) is 3.94. The van der Waals surface area contributed by atoms with Gasteiger partial charge in [0.05, 0.1) is 17.7 Å². The fourth-order valence-corrected chi connectivity index (χ4v) is 5.03. The summed E-state index contributed by atoms with van der Waals surface area (Å²) < 4.78 is 42.4. The molecule has 1 aliphatic heterocycles. The van der Waals surface area contributed by atoms with Crippen molar-refractivity contribution in [2.75, 3.05) is 56.6 Å². The van der Waals surface area contributed by atoms with E-state index in [0.717, 1.165) is 31.9 Å². The lowest BCUT2D eigenvalue weighted by Gasteiger charge is -2.34. The van der Waals surface area contributed by atoms with Crippen molar-refractivity contribution < 1.29 is 27.4 Å². The van der Waals surface area contributed by atoms with E-state index in [1.807, 2.05) is 12.1 Å². The Morgan fingerprint density at radius 1 is 1.02 bits per heavy atom. The van der Waals surface area contributed by atoms with E-state index in [2.05, 4.69) is 38.4 Å². The fraction of sp³-hybridized carbons (Fsp3) is 0.276. The molecule has 4 rings (SSSR count). The number of anilines is 2. The predicted molar refractivity (Wildman–Crippen MR) is 160 cm³/mol. The molecule has 0 spiro atoms. The molecule has 0 bridgehead atoms. The van der Waals surface area contributed by atoms with Crippen LogP contribution >= 0.6 is 0 Å². The molecule has 12 heteroatoms. The minimum atomic E-state index is -3.84. The van der Waals surface area contributed by atoms with Crippen LogP contribution in [-0.2, 0) is 14.8 Å². The third kappa shape index (κ3) is 9.05. The maximum atomic E-state index is 12.4. The summed E-state index contributed by atoms with van der Waals surface area (Å²) in [7, 11) is 0.0599. The first-order valence-electron chi connectivity index (χ1n) is 12.8. The van der Waals surface area contributed by atoms with Crippen molar-refractivity contribution >= 4 is 40.0 Å². The molecule has 0 aliphatic carbocycles. The van der Waals surface area contributed by atoms with Crippen LogP contribution in [0.2, 0.25) is 0 Å². The Morgan fingerprint density at radius 3 is 2.34 bits per heavy atom. The molecule has 0 atom stereocenters. The van der Waals surface area contributed by atoms with Gasteiger partial charge in [0.1, 0.15) is 17.8 Å². The number of likely N-dealkylation sites (N-methyl/N-ethyl adjacent to an activating group) is 1.